The molecule has 1 aromatic heterocycles. The number of carbonyl (C=O) groups excluding carboxylic acids is 1. The van der Waals surface area contributed by atoms with Crippen LogP contribution in [0.25, 0.3) is 10.9 Å². The molecular formula is C16H16F4N4O. The van der Waals surface area contributed by atoms with Crippen LogP contribution in [0.3, 0.4) is 0 Å². The smallest absolute Gasteiger partial charge is 0.365 e. The van der Waals surface area contributed by atoms with Gasteiger partial charge in [-0.05, 0) is 25.0 Å². The van der Waals surface area contributed by atoms with Gasteiger partial charge in [-0.25, -0.2) is 14.4 Å². The molecule has 1 saturated heterocycles. The van der Waals surface area contributed by atoms with Gasteiger partial charge in [-0.2, -0.15) is 13.2 Å². The van der Waals surface area contributed by atoms with Crippen molar-refractivity contribution in [1.29, 1.82) is 0 Å². The minimum Gasteiger partial charge on any atom is -0.365 e. The molecule has 1 aromatic carbocycles. The fourth-order valence-electron chi connectivity index (χ4n) is 3.15. The summed E-state index contributed by atoms with van der Waals surface area (Å²) in [6, 6.07) is 2.15. The lowest BCUT2D eigenvalue weighted by atomic mass is 9.97. The Kier molecular flexibility index (Phi) is 4.49. The van der Waals surface area contributed by atoms with Gasteiger partial charge in [0.15, 0.2) is 0 Å². The molecule has 25 heavy (non-hydrogen) atoms. The van der Waals surface area contributed by atoms with E-state index in [9.17, 15) is 22.4 Å². The minimum absolute atomic E-state index is 0.126. The highest BCUT2D eigenvalue weighted by Crippen LogP contribution is 2.33. The van der Waals surface area contributed by atoms with Gasteiger partial charge in [0, 0.05) is 19.5 Å². The highest BCUT2D eigenvalue weighted by Gasteiger charge is 2.47. The van der Waals surface area contributed by atoms with Crippen LogP contribution in [0.1, 0.15) is 19.8 Å². The number of piperidine rings is 1. The number of halogens is 4. The van der Waals surface area contributed by atoms with E-state index in [0.717, 1.165) is 11.8 Å². The first-order valence-electron chi connectivity index (χ1n) is 7.77. The Labute approximate surface area is 141 Å². The van der Waals surface area contributed by atoms with Gasteiger partial charge in [-0.1, -0.05) is 6.07 Å². The summed E-state index contributed by atoms with van der Waals surface area (Å²) in [7, 11) is 0. The third-order valence-electron chi connectivity index (χ3n) is 4.32. The van der Waals surface area contributed by atoms with Crippen molar-refractivity contribution in [3.63, 3.8) is 0 Å². The van der Waals surface area contributed by atoms with E-state index in [0.29, 0.717) is 5.52 Å². The summed E-state index contributed by atoms with van der Waals surface area (Å²) in [4.78, 5) is 20.4. The Balaban J connectivity index is 1.84. The van der Waals surface area contributed by atoms with E-state index in [1.54, 1.807) is 6.07 Å². The number of fused-ring (bicyclic) bond motifs is 1. The maximum absolute atomic E-state index is 14.1. The predicted octanol–water partition coefficient (Wildman–Crippen LogP) is 3.12. The Morgan fingerprint density at radius 3 is 2.72 bits per heavy atom. The molecule has 0 aliphatic carbocycles. The molecule has 9 heteroatoms. The average molecular weight is 356 g/mol. The number of nitrogens with zero attached hydrogens (tertiary/aromatic N) is 3. The quantitative estimate of drug-likeness (QED) is 0.840. The van der Waals surface area contributed by atoms with Crippen molar-refractivity contribution in [2.24, 2.45) is 0 Å². The van der Waals surface area contributed by atoms with Crippen LogP contribution in [0.15, 0.2) is 24.5 Å². The Morgan fingerprint density at radius 1 is 1.28 bits per heavy atom. The third-order valence-corrected chi connectivity index (χ3v) is 4.32. The average Bonchev–Trinajstić information content (AvgIpc) is 2.54. The van der Waals surface area contributed by atoms with Crippen LogP contribution in [0.4, 0.5) is 23.4 Å². The summed E-state index contributed by atoms with van der Waals surface area (Å²) < 4.78 is 53.3. The number of alkyl halides is 3. The van der Waals surface area contributed by atoms with E-state index in [-0.39, 0.29) is 30.6 Å². The van der Waals surface area contributed by atoms with Crippen molar-refractivity contribution < 1.29 is 22.4 Å². The second-order valence-electron chi connectivity index (χ2n) is 6.00. The normalized spacial score (nSPS) is 21.4. The fourth-order valence-corrected chi connectivity index (χ4v) is 3.15. The molecule has 1 fully saturated rings. The van der Waals surface area contributed by atoms with Gasteiger partial charge >= 0.3 is 6.18 Å². The zero-order chi connectivity index (χ0) is 18.2. The maximum Gasteiger partial charge on any atom is 0.408 e. The van der Waals surface area contributed by atoms with Gasteiger partial charge in [-0.3, -0.25) is 4.79 Å². The van der Waals surface area contributed by atoms with E-state index < -0.39 is 30.0 Å². The number of hydrogen-bond acceptors (Lipinski definition) is 4. The van der Waals surface area contributed by atoms with Crippen LogP contribution in [0.2, 0.25) is 0 Å². The highest BCUT2D eigenvalue weighted by molar-refractivity contribution is 5.89. The van der Waals surface area contributed by atoms with Crippen LogP contribution in [-0.2, 0) is 4.79 Å². The number of hydrogen-bond donors (Lipinski definition) is 1. The van der Waals surface area contributed by atoms with Gasteiger partial charge in [0.25, 0.3) is 0 Å². The lowest BCUT2D eigenvalue weighted by molar-refractivity contribution is -0.195. The van der Waals surface area contributed by atoms with E-state index in [4.69, 9.17) is 0 Å². The van der Waals surface area contributed by atoms with E-state index in [1.165, 1.54) is 18.5 Å². The zero-order valence-corrected chi connectivity index (χ0v) is 13.3. The molecular weight excluding hydrogens is 340 g/mol. The fraction of sp³-hybridized carbons (Fsp3) is 0.438. The number of likely N-dealkylation sites (tertiary alicyclic amines) is 1. The van der Waals surface area contributed by atoms with Crippen molar-refractivity contribution in [2.45, 2.75) is 38.0 Å². The van der Waals surface area contributed by atoms with Gasteiger partial charge in [0.1, 0.15) is 24.0 Å². The van der Waals surface area contributed by atoms with Gasteiger partial charge in [0.05, 0.1) is 10.9 Å². The third kappa shape index (κ3) is 3.49. The van der Waals surface area contributed by atoms with Crippen LogP contribution in [0, 0.1) is 5.82 Å². The molecule has 1 N–H and O–H groups in total. The molecule has 3 rings (SSSR count). The zero-order valence-electron chi connectivity index (χ0n) is 13.3. The van der Waals surface area contributed by atoms with Crippen molar-refractivity contribution in [3.8, 4) is 0 Å². The number of benzene rings is 1. The largest absolute Gasteiger partial charge is 0.408 e. The predicted molar refractivity (Wildman–Crippen MR) is 83.4 cm³/mol. The molecule has 0 bridgehead atoms. The van der Waals surface area contributed by atoms with E-state index in [1.807, 2.05) is 0 Å². The summed E-state index contributed by atoms with van der Waals surface area (Å²) in [5, 5.41) is 3.15. The van der Waals surface area contributed by atoms with E-state index in [2.05, 4.69) is 15.3 Å². The molecule has 1 aliphatic heterocycles. The van der Waals surface area contributed by atoms with Crippen molar-refractivity contribution >= 4 is 22.6 Å². The molecule has 0 spiro atoms. The summed E-state index contributed by atoms with van der Waals surface area (Å²) >= 11 is 0. The molecule has 1 amide bonds. The van der Waals surface area contributed by atoms with Gasteiger partial charge in [-0.15, -0.1) is 0 Å². The van der Waals surface area contributed by atoms with Crippen molar-refractivity contribution in [2.75, 3.05) is 11.9 Å². The molecule has 2 aromatic rings. The molecule has 0 unspecified atom stereocenters. The summed E-state index contributed by atoms with van der Waals surface area (Å²) in [5.74, 6) is -0.956. The first-order valence-corrected chi connectivity index (χ1v) is 7.77. The molecule has 2 heterocycles. The number of rotatable bonds is 2. The summed E-state index contributed by atoms with van der Waals surface area (Å²) in [6.45, 7) is 0.986. The van der Waals surface area contributed by atoms with Crippen LogP contribution in [0.5, 0.6) is 0 Å². The van der Waals surface area contributed by atoms with Gasteiger partial charge < -0.3 is 10.2 Å². The molecule has 2 atom stereocenters. The van der Waals surface area contributed by atoms with Crippen molar-refractivity contribution in [1.82, 2.24) is 14.9 Å². The summed E-state index contributed by atoms with van der Waals surface area (Å²) in [5.41, 5.74) is 0.393. The number of carbonyl (C=O) groups is 1. The lowest BCUT2D eigenvalue weighted by Crippen LogP contribution is -2.55. The monoisotopic (exact) mass is 356 g/mol. The Morgan fingerprint density at radius 2 is 2.04 bits per heavy atom. The van der Waals surface area contributed by atoms with Crippen molar-refractivity contribution in [3.05, 3.63) is 30.3 Å². The molecule has 0 saturated carbocycles. The van der Waals surface area contributed by atoms with E-state index >= 15 is 0 Å². The van der Waals surface area contributed by atoms with Crippen LogP contribution in [-0.4, -0.2) is 45.6 Å². The molecule has 5 nitrogen and oxygen atoms in total. The molecule has 1 aliphatic rings. The second-order valence-corrected chi connectivity index (χ2v) is 6.00. The topological polar surface area (TPSA) is 58.1 Å². The number of nitrogens with one attached hydrogen (secondary N) is 1. The molecule has 134 valence electrons. The molecule has 0 radical (unpaired) electrons. The highest BCUT2D eigenvalue weighted by atomic mass is 19.4. The number of anilines is 1. The lowest BCUT2D eigenvalue weighted by Gasteiger charge is -2.40. The Hall–Kier alpha value is -2.45. The number of aromatic nitrogens is 2. The SMILES string of the molecule is CC(=O)N1C[C@@H](Nc2ncnc3cccc(F)c23)CC[C@H]1C(F)(F)F. The van der Waals surface area contributed by atoms with Crippen LogP contribution < -0.4 is 5.32 Å². The van der Waals surface area contributed by atoms with Gasteiger partial charge in [0.2, 0.25) is 5.91 Å². The minimum atomic E-state index is -4.47. The first-order chi connectivity index (χ1) is 11.8. The number of amides is 1. The van der Waals surface area contributed by atoms with Crippen LogP contribution >= 0.6 is 0 Å². The maximum atomic E-state index is 14.1. The first kappa shape index (κ1) is 17.4. The summed E-state index contributed by atoms with van der Waals surface area (Å²) in [6.07, 6.45) is -3.24. The second kappa shape index (κ2) is 6.45. The Bertz CT molecular complexity index is 790. The standard InChI is InChI=1S/C16H16F4N4O/c1-9(25)24-7-10(5-6-13(24)16(18,19)20)23-15-14-11(17)3-2-4-12(14)21-8-22-15/h2-4,8,10,13H,5-7H2,1H3,(H,21,22,23)/t10-,13-/m0/s1.